The molecule has 0 unspecified atom stereocenters. The molecule has 0 spiro atoms. The number of thiazole rings is 1. The molecule has 0 aliphatic carbocycles. The van der Waals surface area contributed by atoms with Crippen LogP contribution in [0.5, 0.6) is 5.75 Å². The molecular weight excluding hydrogens is 330 g/mol. The minimum absolute atomic E-state index is 0. The zero-order valence-corrected chi connectivity index (χ0v) is 15.3. The van der Waals surface area contributed by atoms with E-state index in [2.05, 4.69) is 41.9 Å². The van der Waals surface area contributed by atoms with E-state index >= 15 is 0 Å². The molecule has 0 amide bonds. The Bertz CT molecular complexity index is 639. The maximum atomic E-state index is 6.21. The van der Waals surface area contributed by atoms with Crippen LogP contribution in [0.1, 0.15) is 28.8 Å². The van der Waals surface area contributed by atoms with Gasteiger partial charge in [0.2, 0.25) is 0 Å². The molecule has 0 radical (unpaired) electrons. The van der Waals surface area contributed by atoms with Gasteiger partial charge in [0.05, 0.1) is 0 Å². The van der Waals surface area contributed by atoms with Crippen molar-refractivity contribution >= 4 is 28.9 Å². The summed E-state index contributed by atoms with van der Waals surface area (Å²) in [6.07, 6.45) is 4.35. The maximum absolute atomic E-state index is 6.21. The third kappa shape index (κ3) is 4.83. The van der Waals surface area contributed by atoms with Crippen molar-refractivity contribution in [2.75, 3.05) is 18.8 Å². The van der Waals surface area contributed by atoms with E-state index in [1.54, 1.807) is 11.3 Å². The quantitative estimate of drug-likeness (QED) is 0.908. The molecule has 1 fully saturated rings. The highest BCUT2D eigenvalue weighted by molar-refractivity contribution is 7.15. The summed E-state index contributed by atoms with van der Waals surface area (Å²) in [6.45, 7) is 7.29. The Balaban J connectivity index is 0.00000192. The van der Waals surface area contributed by atoms with Crippen LogP contribution in [0.25, 0.3) is 0 Å². The van der Waals surface area contributed by atoms with Gasteiger partial charge >= 0.3 is 0 Å². The minimum Gasteiger partial charge on any atom is -0.490 e. The van der Waals surface area contributed by atoms with Crippen molar-refractivity contribution in [3.05, 3.63) is 40.4 Å². The van der Waals surface area contributed by atoms with E-state index in [4.69, 9.17) is 10.5 Å². The molecule has 4 nitrogen and oxygen atoms in total. The largest absolute Gasteiger partial charge is 0.490 e. The fraction of sp³-hybridized carbons (Fsp3) is 0.471. The maximum Gasteiger partial charge on any atom is 0.180 e. The topological polar surface area (TPSA) is 51.4 Å². The van der Waals surface area contributed by atoms with Crippen LogP contribution < -0.4 is 10.5 Å². The van der Waals surface area contributed by atoms with Gasteiger partial charge < -0.3 is 10.5 Å². The number of nitrogen functional groups attached to an aromatic ring is 1. The Morgan fingerprint density at radius 3 is 2.70 bits per heavy atom. The minimum atomic E-state index is 0. The van der Waals surface area contributed by atoms with Gasteiger partial charge in [0.25, 0.3) is 0 Å². The summed E-state index contributed by atoms with van der Waals surface area (Å²) in [5.41, 5.74) is 8.15. The summed E-state index contributed by atoms with van der Waals surface area (Å²) in [7, 11) is 0. The summed E-state index contributed by atoms with van der Waals surface area (Å²) >= 11 is 1.58. The molecule has 2 heterocycles. The first-order valence-electron chi connectivity index (χ1n) is 7.76. The smallest absolute Gasteiger partial charge is 0.180 e. The third-order valence-corrected chi connectivity index (χ3v) is 4.93. The molecule has 6 heteroatoms. The molecule has 1 aromatic heterocycles. The molecule has 126 valence electrons. The van der Waals surface area contributed by atoms with Crippen LogP contribution in [0, 0.1) is 13.8 Å². The summed E-state index contributed by atoms with van der Waals surface area (Å²) in [5, 5.41) is 0.656. The van der Waals surface area contributed by atoms with E-state index in [1.165, 1.54) is 16.0 Å². The lowest BCUT2D eigenvalue weighted by atomic mass is 10.1. The molecule has 1 aliphatic rings. The fourth-order valence-electron chi connectivity index (χ4n) is 2.82. The lowest BCUT2D eigenvalue weighted by Crippen LogP contribution is -2.37. The third-order valence-electron chi connectivity index (χ3n) is 4.12. The van der Waals surface area contributed by atoms with E-state index in [0.717, 1.165) is 38.2 Å². The number of aryl methyl sites for hydroxylation is 2. The molecule has 2 N–H and O–H groups in total. The summed E-state index contributed by atoms with van der Waals surface area (Å²) in [4.78, 5) is 7.81. The van der Waals surface area contributed by atoms with Crippen molar-refractivity contribution in [3.8, 4) is 5.75 Å². The van der Waals surface area contributed by atoms with Crippen LogP contribution in [-0.2, 0) is 6.54 Å². The second kappa shape index (κ2) is 7.99. The molecule has 1 aliphatic heterocycles. The summed E-state index contributed by atoms with van der Waals surface area (Å²) in [5.74, 6) is 1.04. The Morgan fingerprint density at radius 1 is 1.30 bits per heavy atom. The number of benzene rings is 1. The van der Waals surface area contributed by atoms with Crippen LogP contribution in [0.15, 0.2) is 24.4 Å². The number of likely N-dealkylation sites (tertiary alicyclic amines) is 1. The van der Waals surface area contributed by atoms with Gasteiger partial charge in [-0.05, 0) is 43.9 Å². The molecule has 0 bridgehead atoms. The molecule has 23 heavy (non-hydrogen) atoms. The highest BCUT2D eigenvalue weighted by Crippen LogP contribution is 2.25. The highest BCUT2D eigenvalue weighted by atomic mass is 35.5. The number of anilines is 1. The average molecular weight is 354 g/mol. The normalized spacial score (nSPS) is 16.1. The number of nitrogens with zero attached hydrogens (tertiary/aromatic N) is 2. The standard InChI is InChI=1S/C17H23N3OS.ClH/c1-12-3-4-13(2)16(9-12)21-14-5-7-20(8-6-14)11-15-10-19-17(18)22-15;/h3-4,9-10,14H,5-8,11H2,1-2H3,(H2,18,19);1H. The second-order valence-electron chi connectivity index (χ2n) is 6.03. The molecule has 3 rings (SSSR count). The summed E-state index contributed by atoms with van der Waals surface area (Å²) < 4.78 is 6.21. The first kappa shape index (κ1) is 18.0. The van der Waals surface area contributed by atoms with Gasteiger partial charge in [0, 0.05) is 30.7 Å². The molecule has 2 aromatic rings. The van der Waals surface area contributed by atoms with Crippen molar-refractivity contribution in [1.29, 1.82) is 0 Å². The van der Waals surface area contributed by atoms with Crippen LogP contribution in [-0.4, -0.2) is 29.1 Å². The number of hydrogen-bond acceptors (Lipinski definition) is 5. The first-order chi connectivity index (χ1) is 10.6. The zero-order chi connectivity index (χ0) is 15.5. The van der Waals surface area contributed by atoms with Crippen molar-refractivity contribution in [2.24, 2.45) is 0 Å². The van der Waals surface area contributed by atoms with Crippen molar-refractivity contribution in [2.45, 2.75) is 39.3 Å². The number of piperidine rings is 1. The molecule has 1 aromatic carbocycles. The van der Waals surface area contributed by atoms with Gasteiger partial charge in [-0.2, -0.15) is 0 Å². The second-order valence-corrected chi connectivity index (χ2v) is 7.17. The van der Waals surface area contributed by atoms with E-state index in [1.807, 2.05) is 6.20 Å². The summed E-state index contributed by atoms with van der Waals surface area (Å²) in [6, 6.07) is 6.40. The number of hydrogen-bond donors (Lipinski definition) is 1. The first-order valence-corrected chi connectivity index (χ1v) is 8.58. The fourth-order valence-corrected chi connectivity index (χ4v) is 3.54. The predicted octanol–water partition coefficient (Wildman–Crippen LogP) is 3.81. The number of rotatable bonds is 4. The van der Waals surface area contributed by atoms with E-state index < -0.39 is 0 Å². The molecular formula is C17H24ClN3OS. The van der Waals surface area contributed by atoms with Crippen molar-refractivity contribution < 1.29 is 4.74 Å². The lowest BCUT2D eigenvalue weighted by molar-refractivity contribution is 0.0967. The van der Waals surface area contributed by atoms with Crippen molar-refractivity contribution in [3.63, 3.8) is 0 Å². The average Bonchev–Trinajstić information content (AvgIpc) is 2.90. The van der Waals surface area contributed by atoms with Crippen LogP contribution in [0.2, 0.25) is 0 Å². The van der Waals surface area contributed by atoms with Crippen LogP contribution >= 0.6 is 23.7 Å². The number of nitrogens with two attached hydrogens (primary N) is 1. The predicted molar refractivity (Wildman–Crippen MR) is 98.6 cm³/mol. The van der Waals surface area contributed by atoms with E-state index in [9.17, 15) is 0 Å². The van der Waals surface area contributed by atoms with Gasteiger partial charge in [-0.1, -0.05) is 12.1 Å². The Hall–Kier alpha value is -1.30. The zero-order valence-electron chi connectivity index (χ0n) is 13.6. The molecule has 1 saturated heterocycles. The highest BCUT2D eigenvalue weighted by Gasteiger charge is 2.21. The number of halogens is 1. The van der Waals surface area contributed by atoms with E-state index in [-0.39, 0.29) is 12.4 Å². The number of ether oxygens (including phenoxy) is 1. The van der Waals surface area contributed by atoms with Crippen molar-refractivity contribution in [1.82, 2.24) is 9.88 Å². The molecule has 0 atom stereocenters. The Morgan fingerprint density at radius 2 is 2.04 bits per heavy atom. The van der Waals surface area contributed by atoms with Gasteiger partial charge in [0.1, 0.15) is 11.9 Å². The van der Waals surface area contributed by atoms with Gasteiger partial charge in [-0.25, -0.2) is 4.98 Å². The molecule has 0 saturated carbocycles. The van der Waals surface area contributed by atoms with E-state index in [0.29, 0.717) is 11.2 Å². The number of aromatic nitrogens is 1. The van der Waals surface area contributed by atoms with Crippen LogP contribution in [0.4, 0.5) is 5.13 Å². The van der Waals surface area contributed by atoms with Crippen LogP contribution in [0.3, 0.4) is 0 Å². The van der Waals surface area contributed by atoms with Gasteiger partial charge in [0.15, 0.2) is 5.13 Å². The monoisotopic (exact) mass is 353 g/mol. The van der Waals surface area contributed by atoms with Gasteiger partial charge in [-0.3, -0.25) is 4.90 Å². The lowest BCUT2D eigenvalue weighted by Gasteiger charge is -2.32. The Kier molecular flexibility index (Phi) is 6.27. The van der Waals surface area contributed by atoms with Gasteiger partial charge in [-0.15, -0.1) is 23.7 Å². The SMILES string of the molecule is Cc1ccc(C)c(OC2CCN(Cc3cnc(N)s3)CC2)c1.Cl. The Labute approximate surface area is 148 Å².